The largest absolute Gasteiger partial charge is 0.493 e. The Morgan fingerprint density at radius 1 is 1.50 bits per heavy atom. The van der Waals surface area contributed by atoms with E-state index in [4.69, 9.17) is 9.47 Å². The van der Waals surface area contributed by atoms with Crippen LogP contribution in [0.5, 0.6) is 11.5 Å². The second-order valence-electron chi connectivity index (χ2n) is 4.16. The first-order chi connectivity index (χ1) is 8.63. The molecule has 1 aromatic rings. The lowest BCUT2D eigenvalue weighted by molar-refractivity contribution is -0.385. The molecule has 1 aromatic carbocycles. The molecule has 0 fully saturated rings. The number of methoxy groups -OCH3 is 2. The van der Waals surface area contributed by atoms with Crippen molar-refractivity contribution in [3.8, 4) is 11.5 Å². The molecule has 1 unspecified atom stereocenters. The lowest BCUT2D eigenvalue weighted by Gasteiger charge is -2.13. The Balaban J connectivity index is 2.73. The lowest BCUT2D eigenvalue weighted by atomic mass is 9.98. The van der Waals surface area contributed by atoms with Crippen LogP contribution in [0.15, 0.2) is 18.7 Å². The van der Waals surface area contributed by atoms with Gasteiger partial charge in [-0.1, -0.05) is 6.08 Å². The average molecular weight is 249 g/mol. The number of fused-ring (bicyclic) bond motifs is 1. The molecule has 0 aliphatic heterocycles. The van der Waals surface area contributed by atoms with Gasteiger partial charge in [0.1, 0.15) is 0 Å². The van der Waals surface area contributed by atoms with E-state index in [1.807, 2.05) is 0 Å². The van der Waals surface area contributed by atoms with E-state index in [0.717, 1.165) is 18.4 Å². The molecule has 1 atom stereocenters. The van der Waals surface area contributed by atoms with Gasteiger partial charge in [-0.25, -0.2) is 0 Å². The van der Waals surface area contributed by atoms with E-state index in [2.05, 4.69) is 6.58 Å². The first-order valence-corrected chi connectivity index (χ1v) is 5.68. The molecule has 0 N–H and O–H groups in total. The quantitative estimate of drug-likeness (QED) is 0.467. The van der Waals surface area contributed by atoms with Gasteiger partial charge in [0.2, 0.25) is 0 Å². The fourth-order valence-electron chi connectivity index (χ4n) is 2.56. The second kappa shape index (κ2) is 4.68. The van der Waals surface area contributed by atoms with Crippen LogP contribution in [-0.4, -0.2) is 19.1 Å². The van der Waals surface area contributed by atoms with Crippen molar-refractivity contribution in [2.24, 2.45) is 0 Å². The summed E-state index contributed by atoms with van der Waals surface area (Å²) in [5.41, 5.74) is 1.67. The molecule has 0 saturated heterocycles. The number of nitro benzene ring substituents is 1. The van der Waals surface area contributed by atoms with Gasteiger partial charge < -0.3 is 9.47 Å². The zero-order valence-electron chi connectivity index (χ0n) is 10.4. The van der Waals surface area contributed by atoms with E-state index >= 15 is 0 Å². The highest BCUT2D eigenvalue weighted by Gasteiger charge is 2.33. The van der Waals surface area contributed by atoms with Crippen LogP contribution in [-0.2, 0) is 6.42 Å². The van der Waals surface area contributed by atoms with Gasteiger partial charge >= 0.3 is 0 Å². The molecule has 18 heavy (non-hydrogen) atoms. The van der Waals surface area contributed by atoms with E-state index in [-0.39, 0.29) is 16.5 Å². The van der Waals surface area contributed by atoms with Gasteiger partial charge in [0.25, 0.3) is 5.69 Å². The van der Waals surface area contributed by atoms with Crippen LogP contribution in [0.3, 0.4) is 0 Å². The third kappa shape index (κ3) is 1.72. The van der Waals surface area contributed by atoms with E-state index < -0.39 is 0 Å². The van der Waals surface area contributed by atoms with Gasteiger partial charge in [-0.2, -0.15) is 0 Å². The van der Waals surface area contributed by atoms with Crippen molar-refractivity contribution in [2.75, 3.05) is 14.2 Å². The smallest absolute Gasteiger partial charge is 0.277 e. The van der Waals surface area contributed by atoms with E-state index in [0.29, 0.717) is 17.1 Å². The van der Waals surface area contributed by atoms with Crippen molar-refractivity contribution >= 4 is 5.69 Å². The summed E-state index contributed by atoms with van der Waals surface area (Å²) < 4.78 is 10.5. The van der Waals surface area contributed by atoms with Gasteiger partial charge in [-0.3, -0.25) is 10.1 Å². The van der Waals surface area contributed by atoms with Crippen LogP contribution in [0.1, 0.15) is 23.5 Å². The molecule has 1 aliphatic carbocycles. The Morgan fingerprint density at radius 2 is 2.22 bits per heavy atom. The zero-order valence-corrected chi connectivity index (χ0v) is 10.4. The number of hydrogen-bond acceptors (Lipinski definition) is 4. The number of rotatable bonds is 4. The minimum atomic E-state index is -0.372. The summed E-state index contributed by atoms with van der Waals surface area (Å²) in [5, 5.41) is 11.2. The van der Waals surface area contributed by atoms with Gasteiger partial charge in [0.15, 0.2) is 11.5 Å². The number of hydrogen-bond donors (Lipinski definition) is 0. The Kier molecular flexibility index (Phi) is 3.23. The minimum absolute atomic E-state index is 0.0141. The molecule has 0 saturated carbocycles. The van der Waals surface area contributed by atoms with Crippen LogP contribution in [0.2, 0.25) is 0 Å². The van der Waals surface area contributed by atoms with Gasteiger partial charge in [-0.15, -0.1) is 6.58 Å². The molecular weight excluding hydrogens is 234 g/mol. The predicted octanol–water partition coefficient (Wildman–Crippen LogP) is 2.83. The molecule has 0 spiro atoms. The summed E-state index contributed by atoms with van der Waals surface area (Å²) in [6.45, 7) is 3.75. The van der Waals surface area contributed by atoms with Gasteiger partial charge in [-0.05, 0) is 12.8 Å². The summed E-state index contributed by atoms with van der Waals surface area (Å²) in [4.78, 5) is 10.8. The van der Waals surface area contributed by atoms with Crippen LogP contribution >= 0.6 is 0 Å². The number of ether oxygens (including phenoxy) is 2. The number of benzene rings is 1. The number of nitrogens with zero attached hydrogens (tertiary/aromatic N) is 1. The zero-order chi connectivity index (χ0) is 13.3. The molecule has 1 aliphatic rings. The summed E-state index contributed by atoms with van der Waals surface area (Å²) >= 11 is 0. The van der Waals surface area contributed by atoms with Crippen molar-refractivity contribution in [2.45, 2.75) is 18.8 Å². The highest BCUT2D eigenvalue weighted by Crippen LogP contribution is 2.48. The van der Waals surface area contributed by atoms with Crippen molar-refractivity contribution in [1.82, 2.24) is 0 Å². The molecule has 0 bridgehead atoms. The summed E-state index contributed by atoms with van der Waals surface area (Å²) in [5.74, 6) is 1.02. The normalized spacial score (nSPS) is 17.1. The third-order valence-electron chi connectivity index (χ3n) is 3.35. The highest BCUT2D eigenvalue weighted by atomic mass is 16.6. The monoisotopic (exact) mass is 249 g/mol. The van der Waals surface area contributed by atoms with Crippen molar-refractivity contribution in [3.05, 3.63) is 40.0 Å². The standard InChI is InChI=1S/C13H15NO4/c1-4-8-5-6-9-12(8)10(14(15)16)7-11(17-2)13(9)18-3/h4,7-8H,1,5-6H2,2-3H3. The van der Waals surface area contributed by atoms with E-state index in [9.17, 15) is 10.1 Å². The Labute approximate surface area is 105 Å². The average Bonchev–Trinajstić information content (AvgIpc) is 2.79. The molecule has 0 radical (unpaired) electrons. The SMILES string of the molecule is C=CC1CCc2c(OC)c(OC)cc([N+](=O)[O-])c21. The van der Waals surface area contributed by atoms with Crippen molar-refractivity contribution in [1.29, 1.82) is 0 Å². The molecular formula is C13H15NO4. The highest BCUT2D eigenvalue weighted by molar-refractivity contribution is 5.64. The molecule has 96 valence electrons. The van der Waals surface area contributed by atoms with Crippen molar-refractivity contribution < 1.29 is 14.4 Å². The maximum atomic E-state index is 11.2. The van der Waals surface area contributed by atoms with E-state index in [1.54, 1.807) is 13.2 Å². The van der Waals surface area contributed by atoms with Gasteiger partial charge in [0, 0.05) is 17.0 Å². The molecule has 2 rings (SSSR count). The maximum Gasteiger partial charge on any atom is 0.277 e. The Bertz CT molecular complexity index is 510. The molecule has 0 amide bonds. The predicted molar refractivity (Wildman–Crippen MR) is 67.5 cm³/mol. The molecule has 5 heteroatoms. The fraction of sp³-hybridized carbons (Fsp3) is 0.385. The van der Waals surface area contributed by atoms with Crippen LogP contribution < -0.4 is 9.47 Å². The molecule has 0 aromatic heterocycles. The summed E-state index contributed by atoms with van der Waals surface area (Å²) in [6, 6.07) is 1.43. The second-order valence-corrected chi connectivity index (χ2v) is 4.16. The number of allylic oxidation sites excluding steroid dienone is 1. The maximum absolute atomic E-state index is 11.2. The van der Waals surface area contributed by atoms with Gasteiger partial charge in [0.05, 0.1) is 25.2 Å². The van der Waals surface area contributed by atoms with E-state index in [1.165, 1.54) is 13.2 Å². The molecule has 0 heterocycles. The first-order valence-electron chi connectivity index (χ1n) is 5.68. The van der Waals surface area contributed by atoms with Crippen LogP contribution in [0.4, 0.5) is 5.69 Å². The van der Waals surface area contributed by atoms with Crippen molar-refractivity contribution in [3.63, 3.8) is 0 Å². The molecule has 5 nitrogen and oxygen atoms in total. The summed E-state index contributed by atoms with van der Waals surface area (Å²) in [7, 11) is 3.03. The lowest BCUT2D eigenvalue weighted by Crippen LogP contribution is -2.02. The third-order valence-corrected chi connectivity index (χ3v) is 3.35. The topological polar surface area (TPSA) is 61.6 Å². The number of nitro groups is 1. The van der Waals surface area contributed by atoms with Crippen LogP contribution in [0.25, 0.3) is 0 Å². The Hall–Kier alpha value is -2.04. The Morgan fingerprint density at radius 3 is 2.72 bits per heavy atom. The minimum Gasteiger partial charge on any atom is -0.493 e. The fourth-order valence-corrected chi connectivity index (χ4v) is 2.56. The summed E-state index contributed by atoms with van der Waals surface area (Å²) in [6.07, 6.45) is 3.32. The van der Waals surface area contributed by atoms with Crippen LogP contribution in [0, 0.1) is 10.1 Å². The first kappa shape index (κ1) is 12.4.